The lowest BCUT2D eigenvalue weighted by Gasteiger charge is -2.09. The van der Waals surface area contributed by atoms with Gasteiger partial charge in [0.1, 0.15) is 5.82 Å². The molecule has 1 aromatic carbocycles. The summed E-state index contributed by atoms with van der Waals surface area (Å²) in [6.45, 7) is 1.77. The fourth-order valence-electron chi connectivity index (χ4n) is 1.29. The molecule has 0 saturated carbocycles. The Morgan fingerprint density at radius 1 is 1.24 bits per heavy atom. The predicted molar refractivity (Wildman–Crippen MR) is 59.8 cm³/mol. The molecule has 2 aromatic rings. The first kappa shape index (κ1) is 11.3. The first-order chi connectivity index (χ1) is 8.08. The molecule has 17 heavy (non-hydrogen) atoms. The smallest absolute Gasteiger partial charge is 0.243 e. The summed E-state index contributed by atoms with van der Waals surface area (Å²) < 4.78 is 31.4. The summed E-state index contributed by atoms with van der Waals surface area (Å²) in [6, 6.07) is 4.63. The summed E-state index contributed by atoms with van der Waals surface area (Å²) >= 11 is 0. The summed E-state index contributed by atoms with van der Waals surface area (Å²) in [4.78, 5) is 3.87. The lowest BCUT2D eigenvalue weighted by Crippen LogP contribution is -1.98. The SMILES string of the molecule is Cc1ccnc(Oc2cc(F)ccc2F)c1N. The number of pyridine rings is 1. The minimum atomic E-state index is -0.672. The van der Waals surface area contributed by atoms with Crippen molar-refractivity contribution in [1.82, 2.24) is 4.98 Å². The summed E-state index contributed by atoms with van der Waals surface area (Å²) in [5.74, 6) is -1.44. The number of aryl methyl sites for hydroxylation is 1. The fraction of sp³-hybridized carbons (Fsp3) is 0.0833. The van der Waals surface area contributed by atoms with Gasteiger partial charge in [-0.15, -0.1) is 0 Å². The molecule has 1 heterocycles. The Balaban J connectivity index is 2.38. The summed E-state index contributed by atoms with van der Waals surface area (Å²) in [7, 11) is 0. The second-order valence-corrected chi connectivity index (χ2v) is 3.52. The average molecular weight is 236 g/mol. The topological polar surface area (TPSA) is 48.1 Å². The van der Waals surface area contributed by atoms with E-state index in [9.17, 15) is 8.78 Å². The van der Waals surface area contributed by atoms with E-state index in [2.05, 4.69) is 4.98 Å². The van der Waals surface area contributed by atoms with Crippen molar-refractivity contribution in [2.75, 3.05) is 5.73 Å². The third-order valence-corrected chi connectivity index (χ3v) is 2.27. The molecule has 0 aliphatic rings. The monoisotopic (exact) mass is 236 g/mol. The number of anilines is 1. The van der Waals surface area contributed by atoms with Crippen LogP contribution >= 0.6 is 0 Å². The van der Waals surface area contributed by atoms with Gasteiger partial charge >= 0.3 is 0 Å². The minimum absolute atomic E-state index is 0.0644. The van der Waals surface area contributed by atoms with Crippen molar-refractivity contribution in [3.8, 4) is 11.6 Å². The Bertz CT molecular complexity index is 558. The van der Waals surface area contributed by atoms with Crippen LogP contribution in [-0.4, -0.2) is 4.98 Å². The molecule has 2 N–H and O–H groups in total. The lowest BCUT2D eigenvalue weighted by molar-refractivity contribution is 0.424. The van der Waals surface area contributed by atoms with E-state index in [-0.39, 0.29) is 11.6 Å². The number of aromatic nitrogens is 1. The van der Waals surface area contributed by atoms with Gasteiger partial charge < -0.3 is 10.5 Å². The summed E-state index contributed by atoms with van der Waals surface area (Å²) in [5.41, 5.74) is 6.77. The maximum atomic E-state index is 13.3. The van der Waals surface area contributed by atoms with Gasteiger partial charge in [0.2, 0.25) is 5.88 Å². The van der Waals surface area contributed by atoms with Crippen LogP contribution in [0.4, 0.5) is 14.5 Å². The standard InChI is InChI=1S/C12H10F2N2O/c1-7-4-5-16-12(11(7)15)17-10-6-8(13)2-3-9(10)14/h2-6H,15H2,1H3. The Hall–Kier alpha value is -2.17. The maximum absolute atomic E-state index is 13.3. The van der Waals surface area contributed by atoms with Crippen LogP contribution in [0.25, 0.3) is 0 Å². The van der Waals surface area contributed by atoms with Crippen LogP contribution in [0, 0.1) is 18.6 Å². The number of hydrogen-bond acceptors (Lipinski definition) is 3. The highest BCUT2D eigenvalue weighted by molar-refractivity contribution is 5.55. The molecular weight excluding hydrogens is 226 g/mol. The highest BCUT2D eigenvalue weighted by atomic mass is 19.1. The van der Waals surface area contributed by atoms with Crippen molar-refractivity contribution >= 4 is 5.69 Å². The zero-order valence-corrected chi connectivity index (χ0v) is 9.08. The number of halogens is 2. The zero-order chi connectivity index (χ0) is 12.4. The quantitative estimate of drug-likeness (QED) is 0.871. The minimum Gasteiger partial charge on any atom is -0.434 e. The van der Waals surface area contributed by atoms with E-state index in [1.165, 1.54) is 6.20 Å². The molecule has 0 fully saturated rings. The van der Waals surface area contributed by atoms with E-state index >= 15 is 0 Å². The van der Waals surface area contributed by atoms with Gasteiger partial charge in [-0.3, -0.25) is 0 Å². The van der Waals surface area contributed by atoms with Crippen LogP contribution in [0.2, 0.25) is 0 Å². The van der Waals surface area contributed by atoms with Gasteiger partial charge in [-0.2, -0.15) is 0 Å². The number of hydrogen-bond donors (Lipinski definition) is 1. The van der Waals surface area contributed by atoms with E-state index in [0.29, 0.717) is 5.69 Å². The molecule has 1 aromatic heterocycles. The van der Waals surface area contributed by atoms with Crippen LogP contribution in [0.1, 0.15) is 5.56 Å². The van der Waals surface area contributed by atoms with Gasteiger partial charge in [0.05, 0.1) is 5.69 Å². The van der Waals surface area contributed by atoms with Gasteiger partial charge in [-0.05, 0) is 30.7 Å². The summed E-state index contributed by atoms with van der Waals surface area (Å²) in [6.07, 6.45) is 1.48. The van der Waals surface area contributed by atoms with E-state index in [1.54, 1.807) is 13.0 Å². The number of nitrogens with zero attached hydrogens (tertiary/aromatic N) is 1. The van der Waals surface area contributed by atoms with E-state index in [4.69, 9.17) is 10.5 Å². The van der Waals surface area contributed by atoms with Crippen LogP contribution in [0.3, 0.4) is 0 Å². The lowest BCUT2D eigenvalue weighted by atomic mass is 10.2. The van der Waals surface area contributed by atoms with Crippen LogP contribution < -0.4 is 10.5 Å². The third-order valence-electron chi connectivity index (χ3n) is 2.27. The molecule has 0 radical (unpaired) electrons. The van der Waals surface area contributed by atoms with Gasteiger partial charge in [0.15, 0.2) is 11.6 Å². The molecule has 0 atom stereocenters. The molecule has 0 amide bonds. The molecule has 0 unspecified atom stereocenters. The molecule has 2 rings (SSSR count). The Kier molecular flexibility index (Phi) is 2.91. The first-order valence-electron chi connectivity index (χ1n) is 4.92. The Morgan fingerprint density at radius 3 is 2.76 bits per heavy atom. The van der Waals surface area contributed by atoms with Crippen molar-refractivity contribution < 1.29 is 13.5 Å². The zero-order valence-electron chi connectivity index (χ0n) is 9.08. The molecular formula is C12H10F2N2O. The molecule has 0 bridgehead atoms. The van der Waals surface area contributed by atoms with Crippen molar-refractivity contribution in [3.05, 3.63) is 47.7 Å². The second kappa shape index (κ2) is 4.37. The normalized spacial score (nSPS) is 10.3. The van der Waals surface area contributed by atoms with E-state index in [0.717, 1.165) is 23.8 Å². The molecule has 5 heteroatoms. The fourth-order valence-corrected chi connectivity index (χ4v) is 1.29. The van der Waals surface area contributed by atoms with Crippen LogP contribution in [-0.2, 0) is 0 Å². The average Bonchev–Trinajstić information content (AvgIpc) is 2.30. The number of nitrogens with two attached hydrogens (primary N) is 1. The van der Waals surface area contributed by atoms with Crippen LogP contribution in [0.15, 0.2) is 30.5 Å². The van der Waals surface area contributed by atoms with Gasteiger partial charge in [-0.1, -0.05) is 0 Å². The van der Waals surface area contributed by atoms with Crippen molar-refractivity contribution in [3.63, 3.8) is 0 Å². The van der Waals surface area contributed by atoms with Crippen molar-refractivity contribution in [1.29, 1.82) is 0 Å². The van der Waals surface area contributed by atoms with E-state index < -0.39 is 11.6 Å². The summed E-state index contributed by atoms with van der Waals surface area (Å²) in [5, 5.41) is 0. The molecule has 0 aliphatic carbocycles. The molecule has 0 aliphatic heterocycles. The predicted octanol–water partition coefficient (Wildman–Crippen LogP) is 3.04. The third kappa shape index (κ3) is 2.33. The Labute approximate surface area is 96.9 Å². The number of ether oxygens (including phenoxy) is 1. The molecule has 0 saturated heterocycles. The van der Waals surface area contributed by atoms with Crippen molar-refractivity contribution in [2.45, 2.75) is 6.92 Å². The van der Waals surface area contributed by atoms with Crippen molar-refractivity contribution in [2.24, 2.45) is 0 Å². The maximum Gasteiger partial charge on any atom is 0.243 e. The number of nitrogen functional groups attached to an aromatic ring is 1. The number of benzene rings is 1. The first-order valence-corrected chi connectivity index (χ1v) is 4.92. The van der Waals surface area contributed by atoms with Gasteiger partial charge in [0, 0.05) is 12.3 Å². The van der Waals surface area contributed by atoms with E-state index in [1.807, 2.05) is 0 Å². The Morgan fingerprint density at radius 2 is 2.00 bits per heavy atom. The van der Waals surface area contributed by atoms with Gasteiger partial charge in [0.25, 0.3) is 0 Å². The van der Waals surface area contributed by atoms with Crippen LogP contribution in [0.5, 0.6) is 11.6 Å². The molecule has 0 spiro atoms. The highest BCUT2D eigenvalue weighted by Gasteiger charge is 2.10. The molecule has 3 nitrogen and oxygen atoms in total. The highest BCUT2D eigenvalue weighted by Crippen LogP contribution is 2.29. The number of rotatable bonds is 2. The molecule has 88 valence electrons. The largest absolute Gasteiger partial charge is 0.434 e. The second-order valence-electron chi connectivity index (χ2n) is 3.52. The van der Waals surface area contributed by atoms with Gasteiger partial charge in [-0.25, -0.2) is 13.8 Å².